The van der Waals surface area contributed by atoms with Crippen LogP contribution in [-0.2, 0) is 0 Å². The van der Waals surface area contributed by atoms with Crippen LogP contribution in [0.15, 0.2) is 265 Å². The molecule has 0 saturated carbocycles. The third-order valence-corrected chi connectivity index (χ3v) is 14.8. The highest BCUT2D eigenvalue weighted by atomic mass is 32.2. The van der Waals surface area contributed by atoms with Crippen molar-refractivity contribution in [3.05, 3.63) is 255 Å². The molecule has 12 aromatic rings. The molecule has 14 rings (SSSR count). The monoisotopic (exact) mass is 966 g/mol. The minimum Gasteiger partial charge on any atom is -0.453 e. The highest BCUT2D eigenvalue weighted by Crippen LogP contribution is 2.56. The first-order valence-corrected chi connectivity index (χ1v) is 25.4. The van der Waals surface area contributed by atoms with E-state index in [2.05, 4.69) is 216 Å². The Morgan fingerprint density at radius 2 is 0.703 bits per heavy atom. The standard InChI is InChI=1S/C66H42N6OS/c1-5-21-43(22-6-1)52-41-53(44-23-7-2-8-24-44)68-65(67-52)47-37-50-49(51(38-47)66-69-54(45-25-9-3-10-26-45)42-55(70-66)46-27-11-4-12-28-46)39-48(71-58-31-15-19-35-63(58)74-64-36-20-16-32-59(64)71)40-60(50)72-56-29-13-17-33-61(56)73-62-34-18-14-30-57(62)72/h1-42H. The molecule has 10 aromatic carbocycles. The number of hydrogen-bond acceptors (Lipinski definition) is 8. The summed E-state index contributed by atoms with van der Waals surface area (Å²) in [5.41, 5.74) is 14.8. The molecule has 2 aliphatic heterocycles. The minimum atomic E-state index is 0.570. The predicted octanol–water partition coefficient (Wildman–Crippen LogP) is 17.9. The Labute approximate surface area is 432 Å². The molecule has 0 spiro atoms. The van der Waals surface area contributed by atoms with Crippen molar-refractivity contribution in [3.8, 4) is 79.3 Å². The second kappa shape index (κ2) is 18.2. The van der Waals surface area contributed by atoms with Crippen molar-refractivity contribution in [1.29, 1.82) is 0 Å². The topological polar surface area (TPSA) is 67.3 Å². The maximum absolute atomic E-state index is 6.69. The summed E-state index contributed by atoms with van der Waals surface area (Å²) < 4.78 is 6.69. The first kappa shape index (κ1) is 43.2. The molecule has 0 fully saturated rings. The van der Waals surface area contributed by atoms with Gasteiger partial charge in [0.2, 0.25) is 0 Å². The molecule has 0 unspecified atom stereocenters. The van der Waals surface area contributed by atoms with Gasteiger partial charge in [-0.05, 0) is 90.3 Å². The smallest absolute Gasteiger partial charge is 0.161 e. The molecule has 0 atom stereocenters. The minimum absolute atomic E-state index is 0.570. The first-order chi connectivity index (χ1) is 36.7. The summed E-state index contributed by atoms with van der Waals surface area (Å²) in [4.78, 5) is 29.0. The third-order valence-electron chi connectivity index (χ3n) is 13.6. The molecule has 7 nitrogen and oxygen atoms in total. The van der Waals surface area contributed by atoms with Gasteiger partial charge >= 0.3 is 0 Å². The molecule has 2 aliphatic rings. The summed E-state index contributed by atoms with van der Waals surface area (Å²) in [7, 11) is 0. The van der Waals surface area contributed by atoms with Crippen molar-refractivity contribution in [2.75, 3.05) is 9.80 Å². The maximum Gasteiger partial charge on any atom is 0.161 e. The second-order valence-corrected chi connectivity index (χ2v) is 19.3. The molecule has 348 valence electrons. The van der Waals surface area contributed by atoms with E-state index in [1.54, 1.807) is 11.8 Å². The Hall–Kier alpha value is -9.63. The fraction of sp³-hybridized carbons (Fsp3) is 0. The number of nitrogens with zero attached hydrogens (tertiary/aromatic N) is 6. The van der Waals surface area contributed by atoms with E-state index in [0.717, 1.165) is 113 Å². The van der Waals surface area contributed by atoms with E-state index in [1.807, 2.05) is 48.5 Å². The van der Waals surface area contributed by atoms with Gasteiger partial charge in [0.05, 0.1) is 51.2 Å². The molecule has 0 amide bonds. The Morgan fingerprint density at radius 3 is 1.18 bits per heavy atom. The van der Waals surface area contributed by atoms with Gasteiger partial charge in [-0.2, -0.15) is 0 Å². The molecule has 0 saturated heterocycles. The van der Waals surface area contributed by atoms with Crippen molar-refractivity contribution in [1.82, 2.24) is 19.9 Å². The lowest BCUT2D eigenvalue weighted by Gasteiger charge is -2.36. The predicted molar refractivity (Wildman–Crippen MR) is 301 cm³/mol. The Morgan fingerprint density at radius 1 is 0.297 bits per heavy atom. The number of para-hydroxylation sites is 6. The van der Waals surface area contributed by atoms with Gasteiger partial charge in [0.1, 0.15) is 0 Å². The summed E-state index contributed by atoms with van der Waals surface area (Å²) >= 11 is 1.79. The third kappa shape index (κ3) is 7.73. The molecule has 0 radical (unpaired) electrons. The fourth-order valence-electron chi connectivity index (χ4n) is 10.2. The van der Waals surface area contributed by atoms with Gasteiger partial charge in [-0.3, -0.25) is 0 Å². The summed E-state index contributed by atoms with van der Waals surface area (Å²) in [5, 5.41) is 1.90. The van der Waals surface area contributed by atoms with E-state index in [0.29, 0.717) is 11.6 Å². The zero-order valence-corrected chi connectivity index (χ0v) is 40.6. The number of fused-ring (bicyclic) bond motifs is 5. The molecule has 8 heteroatoms. The van der Waals surface area contributed by atoms with E-state index in [4.69, 9.17) is 24.7 Å². The Balaban J connectivity index is 1.13. The highest BCUT2D eigenvalue weighted by Gasteiger charge is 2.31. The van der Waals surface area contributed by atoms with E-state index >= 15 is 0 Å². The molecule has 0 N–H and O–H groups in total. The van der Waals surface area contributed by atoms with Gasteiger partial charge in [0, 0.05) is 54.2 Å². The molecule has 2 aromatic heterocycles. The lowest BCUT2D eigenvalue weighted by Crippen LogP contribution is -2.18. The number of aromatic nitrogens is 4. The van der Waals surface area contributed by atoms with Crippen LogP contribution in [0.4, 0.5) is 34.1 Å². The van der Waals surface area contributed by atoms with Crippen molar-refractivity contribution in [3.63, 3.8) is 0 Å². The van der Waals surface area contributed by atoms with Crippen LogP contribution in [0.5, 0.6) is 11.5 Å². The van der Waals surface area contributed by atoms with Gasteiger partial charge in [0.15, 0.2) is 23.1 Å². The van der Waals surface area contributed by atoms with Crippen LogP contribution in [0.1, 0.15) is 0 Å². The molecule has 74 heavy (non-hydrogen) atoms. The molecular formula is C66H42N6OS. The first-order valence-electron chi connectivity index (χ1n) is 24.6. The van der Waals surface area contributed by atoms with Crippen molar-refractivity contribution in [2.45, 2.75) is 9.79 Å². The lowest BCUT2D eigenvalue weighted by molar-refractivity contribution is 0.477. The van der Waals surface area contributed by atoms with Crippen molar-refractivity contribution in [2.24, 2.45) is 0 Å². The van der Waals surface area contributed by atoms with Crippen molar-refractivity contribution >= 4 is 56.7 Å². The van der Waals surface area contributed by atoms with Gasteiger partial charge < -0.3 is 14.5 Å². The number of benzene rings is 10. The van der Waals surface area contributed by atoms with E-state index < -0.39 is 0 Å². The number of ether oxygens (including phenoxy) is 1. The largest absolute Gasteiger partial charge is 0.453 e. The Kier molecular flexibility index (Phi) is 10.6. The van der Waals surface area contributed by atoms with Crippen LogP contribution in [0.2, 0.25) is 0 Å². The van der Waals surface area contributed by atoms with Crippen LogP contribution in [-0.4, -0.2) is 19.9 Å². The average molecular weight is 967 g/mol. The number of rotatable bonds is 8. The second-order valence-electron chi connectivity index (χ2n) is 18.2. The zero-order chi connectivity index (χ0) is 49.0. The maximum atomic E-state index is 6.69. The summed E-state index contributed by atoms with van der Waals surface area (Å²) in [5.74, 6) is 2.65. The van der Waals surface area contributed by atoms with Gasteiger partial charge in [-0.15, -0.1) is 0 Å². The van der Waals surface area contributed by atoms with Gasteiger partial charge in [-0.25, -0.2) is 19.9 Å². The number of hydrogen-bond donors (Lipinski definition) is 0. The van der Waals surface area contributed by atoms with Crippen molar-refractivity contribution < 1.29 is 4.74 Å². The van der Waals surface area contributed by atoms with E-state index in [-0.39, 0.29) is 0 Å². The van der Waals surface area contributed by atoms with Crippen LogP contribution >= 0.6 is 11.8 Å². The Bertz CT molecular complexity index is 3890. The van der Waals surface area contributed by atoms with Gasteiger partial charge in [0.25, 0.3) is 0 Å². The normalized spacial score (nSPS) is 12.3. The van der Waals surface area contributed by atoms with E-state index in [1.165, 1.54) is 9.79 Å². The van der Waals surface area contributed by atoms with Crippen LogP contribution < -0.4 is 14.5 Å². The van der Waals surface area contributed by atoms with E-state index in [9.17, 15) is 0 Å². The molecule has 0 bridgehead atoms. The summed E-state index contributed by atoms with van der Waals surface area (Å²) in [6, 6.07) is 88.5. The molecule has 0 aliphatic carbocycles. The lowest BCUT2D eigenvalue weighted by atomic mass is 9.95. The quantitative estimate of drug-likeness (QED) is 0.149. The van der Waals surface area contributed by atoms with Crippen LogP contribution in [0.25, 0.3) is 78.6 Å². The van der Waals surface area contributed by atoms with Crippen LogP contribution in [0.3, 0.4) is 0 Å². The average Bonchev–Trinajstić information content (AvgIpc) is 3.48. The van der Waals surface area contributed by atoms with Crippen LogP contribution in [0, 0.1) is 0 Å². The number of anilines is 6. The fourth-order valence-corrected chi connectivity index (χ4v) is 11.2. The zero-order valence-electron chi connectivity index (χ0n) is 39.7. The van der Waals surface area contributed by atoms with Gasteiger partial charge in [-0.1, -0.05) is 182 Å². The summed E-state index contributed by atoms with van der Waals surface area (Å²) in [6.45, 7) is 0. The molecular weight excluding hydrogens is 925 g/mol. The molecule has 4 heterocycles. The summed E-state index contributed by atoms with van der Waals surface area (Å²) in [6.07, 6.45) is 0. The highest BCUT2D eigenvalue weighted by molar-refractivity contribution is 7.99. The SMILES string of the molecule is c1ccc(-c2cc(-c3ccccc3)nc(-c3cc(-c4nc(-c5ccccc5)cc(-c5ccccc5)n4)c4cc(N5c6ccccc6Sc6ccccc65)cc(N5c6ccccc6Oc6ccccc65)c4c3)n2)cc1.